The monoisotopic (exact) mass is 492 g/mol. The minimum absolute atomic E-state index is 0. The number of carbonyl (C=O) groups excluding carboxylic acids is 1. The zero-order chi connectivity index (χ0) is 21.3. The predicted molar refractivity (Wildman–Crippen MR) is 117 cm³/mol. The number of carbonyl (C=O) groups is 1. The number of benzene rings is 2. The minimum atomic E-state index is -0.579. The van der Waals surface area contributed by atoms with Gasteiger partial charge in [-0.15, -0.1) is 0 Å². The number of nitrogens with zero attached hydrogens (tertiary/aromatic N) is 1. The minimum Gasteiger partial charge on any atom is -0.479 e. The molecule has 0 saturated heterocycles. The van der Waals surface area contributed by atoms with E-state index in [2.05, 4.69) is 60.7 Å². The Morgan fingerprint density at radius 3 is 2.29 bits per heavy atom. The molecule has 4 rings (SSSR count). The third-order valence-corrected chi connectivity index (χ3v) is 5.68. The molecule has 1 N–H and O–H groups in total. The number of ether oxygens (including phenoxy) is 1. The van der Waals surface area contributed by atoms with Gasteiger partial charge in [0.25, 0.3) is 0 Å². The molecule has 5 nitrogen and oxygen atoms in total. The summed E-state index contributed by atoms with van der Waals surface area (Å²) in [6.07, 6.45) is 2.42. The summed E-state index contributed by atoms with van der Waals surface area (Å²) in [6, 6.07) is 17.1. The molecule has 3 aromatic rings. The van der Waals surface area contributed by atoms with Crippen molar-refractivity contribution in [1.82, 2.24) is 5.16 Å². The van der Waals surface area contributed by atoms with E-state index < -0.39 is 12.2 Å². The standard InChI is InChI=1S/C25H27N2O3.Y/c1-16(2)29-24(28)26-22-17(3)30-27-23(22)20-9-5-18(6-10-20)15-19-7-11-21(12-8-19)25(4)13-14-25;/h5-12,16H,1,13-15H2,2-4H3,(H,26,28);/q-1;. The number of anilines is 1. The topological polar surface area (TPSA) is 64.4 Å². The Balaban J connectivity index is 0.00000272. The van der Waals surface area contributed by atoms with Gasteiger partial charge < -0.3 is 16.2 Å². The first-order valence-corrected chi connectivity index (χ1v) is 10.3. The van der Waals surface area contributed by atoms with Gasteiger partial charge in [-0.05, 0) is 54.4 Å². The molecule has 6 heteroatoms. The Morgan fingerprint density at radius 2 is 1.74 bits per heavy atom. The number of hydrogen-bond acceptors (Lipinski definition) is 4. The van der Waals surface area contributed by atoms with Crippen LogP contribution in [-0.2, 0) is 49.3 Å². The first kappa shape index (κ1) is 23.7. The Hall–Kier alpha value is -1.98. The molecule has 1 radical (unpaired) electrons. The van der Waals surface area contributed by atoms with Crippen LogP contribution in [0.5, 0.6) is 0 Å². The third kappa shape index (κ3) is 5.64. The van der Waals surface area contributed by atoms with Gasteiger partial charge in [0.2, 0.25) is 0 Å². The molecule has 1 aliphatic rings. The van der Waals surface area contributed by atoms with Crippen LogP contribution in [0.25, 0.3) is 11.3 Å². The summed E-state index contributed by atoms with van der Waals surface area (Å²) in [5, 5.41) is 6.82. The molecule has 1 unspecified atom stereocenters. The van der Waals surface area contributed by atoms with Gasteiger partial charge in [-0.3, -0.25) is 5.32 Å². The van der Waals surface area contributed by atoms with Crippen LogP contribution >= 0.6 is 0 Å². The SMILES string of the molecule is [CH2-]C(C)OC(=O)Nc1c(-c2ccc(Cc3ccc(C4(C)CC4)cc3)cc2)noc1C.[Y]. The van der Waals surface area contributed by atoms with Gasteiger partial charge in [-0.2, -0.15) is 0 Å². The Labute approximate surface area is 208 Å². The number of rotatable bonds is 6. The van der Waals surface area contributed by atoms with Crippen LogP contribution < -0.4 is 5.32 Å². The van der Waals surface area contributed by atoms with Crippen LogP contribution in [0.3, 0.4) is 0 Å². The van der Waals surface area contributed by atoms with E-state index in [4.69, 9.17) is 9.26 Å². The zero-order valence-electron chi connectivity index (χ0n) is 18.3. The van der Waals surface area contributed by atoms with E-state index in [1.165, 1.54) is 29.5 Å². The van der Waals surface area contributed by atoms with Crippen molar-refractivity contribution in [3.63, 3.8) is 0 Å². The van der Waals surface area contributed by atoms with Crippen molar-refractivity contribution >= 4 is 11.8 Å². The first-order chi connectivity index (χ1) is 14.3. The van der Waals surface area contributed by atoms with E-state index in [0.717, 1.165) is 12.0 Å². The summed E-state index contributed by atoms with van der Waals surface area (Å²) in [7, 11) is 0. The van der Waals surface area contributed by atoms with E-state index in [9.17, 15) is 4.79 Å². The molecule has 2 aromatic carbocycles. The number of aromatic nitrogens is 1. The summed E-state index contributed by atoms with van der Waals surface area (Å²) in [4.78, 5) is 12.0. The van der Waals surface area contributed by atoms with Crippen molar-refractivity contribution in [2.45, 2.75) is 51.6 Å². The maximum Gasteiger partial charge on any atom is 0.409 e. The molecule has 159 valence electrons. The van der Waals surface area contributed by atoms with Crippen molar-refractivity contribution in [3.8, 4) is 11.3 Å². The van der Waals surface area contributed by atoms with Gasteiger partial charge in [-0.1, -0.05) is 67.5 Å². The van der Waals surface area contributed by atoms with Crippen molar-refractivity contribution in [2.24, 2.45) is 0 Å². The first-order valence-electron chi connectivity index (χ1n) is 10.3. The van der Waals surface area contributed by atoms with Crippen molar-refractivity contribution < 1.29 is 46.8 Å². The molecule has 0 spiro atoms. The van der Waals surface area contributed by atoms with Gasteiger partial charge in [-0.25, -0.2) is 4.79 Å². The van der Waals surface area contributed by atoms with Crippen molar-refractivity contribution in [3.05, 3.63) is 77.9 Å². The number of hydrogen-bond donors (Lipinski definition) is 1. The fraction of sp³-hybridized carbons (Fsp3) is 0.320. The molecule has 1 aliphatic carbocycles. The second kappa shape index (κ2) is 9.66. The molecule has 1 amide bonds. The summed E-state index contributed by atoms with van der Waals surface area (Å²) in [5.74, 6) is 0.521. The molecule has 1 aromatic heterocycles. The van der Waals surface area contributed by atoms with Crippen LogP contribution in [-0.4, -0.2) is 17.4 Å². The van der Waals surface area contributed by atoms with Gasteiger partial charge in [0.15, 0.2) is 5.76 Å². The average molecular weight is 492 g/mol. The van der Waals surface area contributed by atoms with Crippen LogP contribution in [0.4, 0.5) is 10.5 Å². The number of nitrogens with one attached hydrogen (secondary N) is 1. The fourth-order valence-corrected chi connectivity index (χ4v) is 3.55. The third-order valence-electron chi connectivity index (χ3n) is 5.68. The van der Waals surface area contributed by atoms with Crippen molar-refractivity contribution in [2.75, 3.05) is 5.32 Å². The Morgan fingerprint density at radius 1 is 1.16 bits per heavy atom. The number of aryl methyl sites for hydroxylation is 1. The predicted octanol–water partition coefficient (Wildman–Crippen LogP) is 6.06. The van der Waals surface area contributed by atoms with Crippen molar-refractivity contribution in [1.29, 1.82) is 0 Å². The Bertz CT molecular complexity index is 1040. The molecular formula is C25H27N2O3Y-. The molecular weight excluding hydrogens is 465 g/mol. The molecule has 1 saturated carbocycles. The molecule has 1 atom stereocenters. The van der Waals surface area contributed by atoms with Crippen LogP contribution in [0, 0.1) is 13.8 Å². The zero-order valence-corrected chi connectivity index (χ0v) is 21.1. The molecule has 0 aliphatic heterocycles. The molecule has 31 heavy (non-hydrogen) atoms. The quantitative estimate of drug-likeness (QED) is 0.425. The van der Waals surface area contributed by atoms with E-state index >= 15 is 0 Å². The van der Waals surface area contributed by atoms with Crippen LogP contribution in [0.1, 0.15) is 49.1 Å². The molecule has 1 fully saturated rings. The largest absolute Gasteiger partial charge is 0.479 e. The maximum absolute atomic E-state index is 12.0. The summed E-state index contributed by atoms with van der Waals surface area (Å²) in [5.41, 5.74) is 6.30. The van der Waals surface area contributed by atoms with E-state index in [0.29, 0.717) is 22.6 Å². The van der Waals surface area contributed by atoms with E-state index in [-0.39, 0.29) is 32.7 Å². The van der Waals surface area contributed by atoms with Gasteiger partial charge in [0.1, 0.15) is 11.4 Å². The summed E-state index contributed by atoms with van der Waals surface area (Å²) in [6.45, 7) is 9.42. The van der Waals surface area contributed by atoms with Gasteiger partial charge in [0.05, 0.1) is 0 Å². The molecule has 1 heterocycles. The summed E-state index contributed by atoms with van der Waals surface area (Å²) >= 11 is 0. The van der Waals surface area contributed by atoms with E-state index in [1.54, 1.807) is 13.8 Å². The summed E-state index contributed by atoms with van der Waals surface area (Å²) < 4.78 is 10.3. The van der Waals surface area contributed by atoms with Crippen LogP contribution in [0.2, 0.25) is 0 Å². The Kier molecular flexibility index (Phi) is 7.38. The normalized spacial score (nSPS) is 15.0. The van der Waals surface area contributed by atoms with Crippen LogP contribution in [0.15, 0.2) is 53.1 Å². The second-order valence-corrected chi connectivity index (χ2v) is 8.43. The smallest absolute Gasteiger partial charge is 0.409 e. The van der Waals surface area contributed by atoms with E-state index in [1.807, 2.05) is 12.1 Å². The average Bonchev–Trinajstić information content (AvgIpc) is 3.37. The van der Waals surface area contributed by atoms with Gasteiger partial charge >= 0.3 is 6.09 Å². The maximum atomic E-state index is 12.0. The fourth-order valence-electron chi connectivity index (χ4n) is 3.55. The second-order valence-electron chi connectivity index (χ2n) is 8.43. The number of amides is 1. The van der Waals surface area contributed by atoms with Gasteiger partial charge in [0, 0.05) is 38.3 Å². The molecule has 0 bridgehead atoms.